The predicted molar refractivity (Wildman–Crippen MR) is 104 cm³/mol. The van der Waals surface area contributed by atoms with E-state index in [1.807, 2.05) is 24.3 Å². The number of anilines is 2. The minimum Gasteiger partial charge on any atom is -0.481 e. The van der Waals surface area contributed by atoms with E-state index in [0.717, 1.165) is 24.1 Å². The van der Waals surface area contributed by atoms with Crippen LogP contribution in [-0.2, 0) is 11.2 Å². The highest BCUT2D eigenvalue weighted by molar-refractivity contribution is 5.75. The monoisotopic (exact) mass is 372 g/mol. The summed E-state index contributed by atoms with van der Waals surface area (Å²) >= 11 is 0. The molecule has 144 valence electrons. The van der Waals surface area contributed by atoms with Gasteiger partial charge < -0.3 is 21.1 Å². The quantitative estimate of drug-likeness (QED) is 0.598. The Bertz CT molecular complexity index is 814. The summed E-state index contributed by atoms with van der Waals surface area (Å²) in [6.07, 6.45) is 2.02. The van der Waals surface area contributed by atoms with Crippen molar-refractivity contribution in [3.8, 4) is 0 Å². The summed E-state index contributed by atoms with van der Waals surface area (Å²) in [6.45, 7) is 5.24. The van der Waals surface area contributed by atoms with Gasteiger partial charge in [0.25, 0.3) is 0 Å². The summed E-state index contributed by atoms with van der Waals surface area (Å²) in [4.78, 5) is 15.2. The first kappa shape index (κ1) is 19.1. The highest BCUT2D eigenvalue weighted by atomic mass is 19.1. The molecule has 0 unspecified atom stereocenters. The zero-order chi connectivity index (χ0) is 19.4. The van der Waals surface area contributed by atoms with Gasteiger partial charge in [-0.05, 0) is 37.9 Å². The number of nitrogens with one attached hydrogen (secondary N) is 3. The van der Waals surface area contributed by atoms with E-state index in [0.29, 0.717) is 18.1 Å². The molecule has 0 amide bonds. The second-order valence-corrected chi connectivity index (χ2v) is 6.98. The fourth-order valence-corrected chi connectivity index (χ4v) is 3.18. The number of halogens is 1. The highest BCUT2D eigenvalue weighted by Crippen LogP contribution is 2.25. The SMILES string of the molecule is C[C@H](C(=O)O)c1cccc(CCN[C@H](C)[C@H]2CNc3cc(F)cnc3N2)c1. The standard InChI is InChI=1S/C20H25FN4O2/c1-12(20(26)27)15-5-3-4-14(8-15)6-7-22-13(2)18-11-23-17-9-16(21)10-24-19(17)25-18/h3-5,8-10,12-13,18,22-23H,6-7,11H2,1-2H3,(H,24,25)(H,26,27)/t12-,13+,18+/m0/s1. The van der Waals surface area contributed by atoms with Crippen LogP contribution >= 0.6 is 0 Å². The van der Waals surface area contributed by atoms with E-state index in [1.54, 1.807) is 6.92 Å². The third kappa shape index (κ3) is 4.74. The first-order valence-corrected chi connectivity index (χ1v) is 9.15. The minimum absolute atomic E-state index is 0.133. The highest BCUT2D eigenvalue weighted by Gasteiger charge is 2.23. The second kappa shape index (κ2) is 8.35. The lowest BCUT2D eigenvalue weighted by Crippen LogP contribution is -2.48. The fourth-order valence-electron chi connectivity index (χ4n) is 3.18. The average Bonchev–Trinajstić information content (AvgIpc) is 2.67. The van der Waals surface area contributed by atoms with Crippen LogP contribution in [0.25, 0.3) is 0 Å². The summed E-state index contributed by atoms with van der Waals surface area (Å²) in [6, 6.07) is 9.48. The summed E-state index contributed by atoms with van der Waals surface area (Å²) in [5.41, 5.74) is 2.61. The Morgan fingerprint density at radius 2 is 2.22 bits per heavy atom. The zero-order valence-electron chi connectivity index (χ0n) is 15.5. The molecule has 4 N–H and O–H groups in total. The van der Waals surface area contributed by atoms with Crippen molar-refractivity contribution in [1.29, 1.82) is 0 Å². The van der Waals surface area contributed by atoms with Crippen LogP contribution in [0.4, 0.5) is 15.9 Å². The molecule has 0 fully saturated rings. The summed E-state index contributed by atoms with van der Waals surface area (Å²) in [5.74, 6) is -1.01. The molecule has 3 rings (SSSR count). The molecule has 0 saturated heterocycles. The van der Waals surface area contributed by atoms with Crippen LogP contribution in [0, 0.1) is 5.82 Å². The van der Waals surface area contributed by atoms with Crippen molar-refractivity contribution in [2.24, 2.45) is 0 Å². The first-order valence-electron chi connectivity index (χ1n) is 9.15. The number of fused-ring (bicyclic) bond motifs is 1. The van der Waals surface area contributed by atoms with Gasteiger partial charge in [-0.15, -0.1) is 0 Å². The maximum absolute atomic E-state index is 13.2. The second-order valence-electron chi connectivity index (χ2n) is 6.98. The predicted octanol–water partition coefficient (Wildman–Crippen LogP) is 2.84. The molecule has 7 heteroatoms. The lowest BCUT2D eigenvalue weighted by Gasteiger charge is -2.32. The number of carbonyl (C=O) groups is 1. The van der Waals surface area contributed by atoms with Gasteiger partial charge in [-0.25, -0.2) is 9.37 Å². The fraction of sp³-hybridized carbons (Fsp3) is 0.400. The number of nitrogens with zero attached hydrogens (tertiary/aromatic N) is 1. The van der Waals surface area contributed by atoms with Crippen molar-refractivity contribution >= 4 is 17.5 Å². The Morgan fingerprint density at radius 1 is 1.41 bits per heavy atom. The Hall–Kier alpha value is -2.67. The molecule has 3 atom stereocenters. The van der Waals surface area contributed by atoms with Crippen molar-refractivity contribution in [3.05, 3.63) is 53.5 Å². The molecule has 1 aromatic heterocycles. The third-order valence-corrected chi connectivity index (χ3v) is 4.99. The van der Waals surface area contributed by atoms with E-state index in [-0.39, 0.29) is 17.9 Å². The number of carboxylic acids is 1. The molecule has 2 heterocycles. The van der Waals surface area contributed by atoms with E-state index >= 15 is 0 Å². The van der Waals surface area contributed by atoms with Crippen LogP contribution in [0.3, 0.4) is 0 Å². The molecule has 0 spiro atoms. The number of hydrogen-bond donors (Lipinski definition) is 4. The number of hydrogen-bond acceptors (Lipinski definition) is 5. The van der Waals surface area contributed by atoms with Gasteiger partial charge in [-0.1, -0.05) is 24.3 Å². The number of aliphatic carboxylic acids is 1. The molecular weight excluding hydrogens is 347 g/mol. The molecule has 0 radical (unpaired) electrons. The minimum atomic E-state index is -0.816. The van der Waals surface area contributed by atoms with Gasteiger partial charge >= 0.3 is 5.97 Å². The Labute approximate surface area is 158 Å². The number of pyridine rings is 1. The smallest absolute Gasteiger partial charge is 0.310 e. The summed E-state index contributed by atoms with van der Waals surface area (Å²) in [5, 5.41) is 19.2. The lowest BCUT2D eigenvalue weighted by atomic mass is 9.98. The van der Waals surface area contributed by atoms with Gasteiger partial charge in [-0.2, -0.15) is 0 Å². The van der Waals surface area contributed by atoms with Crippen LogP contribution in [-0.4, -0.2) is 41.2 Å². The van der Waals surface area contributed by atoms with Crippen molar-refractivity contribution in [3.63, 3.8) is 0 Å². The number of rotatable bonds is 7. The van der Waals surface area contributed by atoms with Gasteiger partial charge in [-0.3, -0.25) is 4.79 Å². The summed E-state index contributed by atoms with van der Waals surface area (Å²) in [7, 11) is 0. The molecule has 27 heavy (non-hydrogen) atoms. The Morgan fingerprint density at radius 3 is 3.00 bits per heavy atom. The Balaban J connectivity index is 1.51. The largest absolute Gasteiger partial charge is 0.481 e. The van der Waals surface area contributed by atoms with Crippen molar-refractivity contribution in [2.75, 3.05) is 23.7 Å². The van der Waals surface area contributed by atoms with Crippen LogP contribution in [0.15, 0.2) is 36.5 Å². The third-order valence-electron chi connectivity index (χ3n) is 4.99. The van der Waals surface area contributed by atoms with E-state index in [4.69, 9.17) is 5.11 Å². The van der Waals surface area contributed by atoms with E-state index < -0.39 is 11.9 Å². The molecule has 0 bridgehead atoms. The molecule has 0 aliphatic carbocycles. The van der Waals surface area contributed by atoms with Crippen LogP contribution < -0.4 is 16.0 Å². The van der Waals surface area contributed by atoms with Crippen LogP contribution in [0.2, 0.25) is 0 Å². The topological polar surface area (TPSA) is 86.3 Å². The maximum Gasteiger partial charge on any atom is 0.310 e. The Kier molecular flexibility index (Phi) is 5.91. The molecule has 0 saturated carbocycles. The van der Waals surface area contributed by atoms with E-state index in [1.165, 1.54) is 12.3 Å². The average molecular weight is 372 g/mol. The molecule has 2 aromatic rings. The van der Waals surface area contributed by atoms with Gasteiger partial charge in [0.05, 0.1) is 23.8 Å². The first-order chi connectivity index (χ1) is 12.9. The molecule has 1 aliphatic rings. The van der Waals surface area contributed by atoms with Crippen LogP contribution in [0.5, 0.6) is 0 Å². The van der Waals surface area contributed by atoms with E-state index in [2.05, 4.69) is 27.9 Å². The van der Waals surface area contributed by atoms with Gasteiger partial charge in [0.15, 0.2) is 0 Å². The van der Waals surface area contributed by atoms with Crippen molar-refractivity contribution < 1.29 is 14.3 Å². The van der Waals surface area contributed by atoms with Gasteiger partial charge in [0.1, 0.15) is 11.6 Å². The maximum atomic E-state index is 13.2. The molecule has 1 aromatic carbocycles. The van der Waals surface area contributed by atoms with Crippen LogP contribution in [0.1, 0.15) is 30.9 Å². The van der Waals surface area contributed by atoms with E-state index in [9.17, 15) is 9.18 Å². The van der Waals surface area contributed by atoms with Crippen molar-refractivity contribution in [1.82, 2.24) is 10.3 Å². The molecule has 6 nitrogen and oxygen atoms in total. The van der Waals surface area contributed by atoms with Crippen molar-refractivity contribution in [2.45, 2.75) is 38.3 Å². The number of aromatic nitrogens is 1. The zero-order valence-corrected chi connectivity index (χ0v) is 15.5. The van der Waals surface area contributed by atoms with Gasteiger partial charge in [0.2, 0.25) is 0 Å². The number of benzene rings is 1. The molecular formula is C20H25FN4O2. The normalized spacial score (nSPS) is 18.0. The lowest BCUT2D eigenvalue weighted by molar-refractivity contribution is -0.138. The number of carboxylic acid groups (broad SMARTS) is 1. The molecule has 1 aliphatic heterocycles. The summed E-state index contributed by atoms with van der Waals surface area (Å²) < 4.78 is 13.2. The van der Waals surface area contributed by atoms with Gasteiger partial charge in [0, 0.05) is 18.7 Å².